The Balaban J connectivity index is 2.18. The molecule has 0 unspecified atom stereocenters. The maximum atomic E-state index is 12.2. The first-order valence-corrected chi connectivity index (χ1v) is 6.77. The van der Waals surface area contributed by atoms with E-state index in [1.165, 1.54) is 6.20 Å². The van der Waals surface area contributed by atoms with Crippen LogP contribution in [0, 0.1) is 0 Å². The molecule has 0 saturated heterocycles. The minimum Gasteiger partial charge on any atom is -0.392 e. The zero-order valence-electron chi connectivity index (χ0n) is 11.5. The first-order valence-electron chi connectivity index (χ1n) is 6.39. The summed E-state index contributed by atoms with van der Waals surface area (Å²) in [7, 11) is 0. The Bertz CT molecular complexity index is 683. The number of carbonyl (C=O) groups excluding carboxylic acids is 1. The number of hydrogen-bond acceptors (Lipinski definition) is 3. The van der Waals surface area contributed by atoms with E-state index in [0.717, 1.165) is 5.56 Å². The topological polar surface area (TPSA) is 62.2 Å². The minimum absolute atomic E-state index is 0.161. The maximum absolute atomic E-state index is 12.2. The van der Waals surface area contributed by atoms with Gasteiger partial charge < -0.3 is 10.4 Å². The van der Waals surface area contributed by atoms with Crippen LogP contribution in [0.2, 0.25) is 5.02 Å². The van der Waals surface area contributed by atoms with Gasteiger partial charge in [-0.05, 0) is 30.7 Å². The summed E-state index contributed by atoms with van der Waals surface area (Å²) in [6.07, 6.45) is 4.78. The number of carbonyl (C=O) groups is 1. The number of halogens is 1. The number of aliphatic hydroxyl groups is 1. The Hall–Kier alpha value is -2.17. The fourth-order valence-corrected chi connectivity index (χ4v) is 1.98. The first kappa shape index (κ1) is 15.2. The molecule has 4 nitrogen and oxygen atoms in total. The van der Waals surface area contributed by atoms with Crippen LogP contribution in [-0.2, 0) is 11.4 Å². The van der Waals surface area contributed by atoms with E-state index in [-0.39, 0.29) is 12.5 Å². The summed E-state index contributed by atoms with van der Waals surface area (Å²) in [6.45, 7) is 1.54. The van der Waals surface area contributed by atoms with Gasteiger partial charge in [-0.3, -0.25) is 9.78 Å². The Morgan fingerprint density at radius 2 is 2.14 bits per heavy atom. The molecule has 0 aliphatic carbocycles. The minimum atomic E-state index is -0.266. The summed E-state index contributed by atoms with van der Waals surface area (Å²) in [6, 6.07) is 8.95. The van der Waals surface area contributed by atoms with Crippen molar-refractivity contribution in [3.8, 4) is 0 Å². The third-order valence-corrected chi connectivity index (χ3v) is 3.31. The SMILES string of the molecule is C/C(=C/c1ccccc1Cl)C(=O)Nc1cnccc1CO. The molecule has 1 amide bonds. The molecule has 5 heteroatoms. The van der Waals surface area contributed by atoms with Gasteiger partial charge in [-0.15, -0.1) is 0 Å². The lowest BCUT2D eigenvalue weighted by Gasteiger charge is -2.09. The number of aromatic nitrogens is 1. The largest absolute Gasteiger partial charge is 0.392 e. The van der Waals surface area contributed by atoms with E-state index in [1.54, 1.807) is 31.3 Å². The van der Waals surface area contributed by atoms with Crippen LogP contribution >= 0.6 is 11.6 Å². The highest BCUT2D eigenvalue weighted by atomic mass is 35.5. The van der Waals surface area contributed by atoms with Gasteiger partial charge in [0.1, 0.15) is 0 Å². The summed E-state index contributed by atoms with van der Waals surface area (Å²) >= 11 is 6.06. The van der Waals surface area contributed by atoms with E-state index < -0.39 is 0 Å². The van der Waals surface area contributed by atoms with Gasteiger partial charge in [0.2, 0.25) is 0 Å². The van der Waals surface area contributed by atoms with E-state index >= 15 is 0 Å². The van der Waals surface area contributed by atoms with E-state index in [4.69, 9.17) is 11.6 Å². The molecule has 0 atom stereocenters. The number of aliphatic hydroxyl groups excluding tert-OH is 1. The van der Waals surface area contributed by atoms with Crippen LogP contribution < -0.4 is 5.32 Å². The molecule has 108 valence electrons. The molecular formula is C16H15ClN2O2. The monoisotopic (exact) mass is 302 g/mol. The molecule has 2 N–H and O–H groups in total. The van der Waals surface area contributed by atoms with Gasteiger partial charge in [0.05, 0.1) is 18.5 Å². The highest BCUT2D eigenvalue weighted by molar-refractivity contribution is 6.32. The lowest BCUT2D eigenvalue weighted by molar-refractivity contribution is -0.112. The Morgan fingerprint density at radius 3 is 2.86 bits per heavy atom. The van der Waals surface area contributed by atoms with E-state index in [0.29, 0.717) is 21.8 Å². The van der Waals surface area contributed by atoms with Crippen LogP contribution in [0.4, 0.5) is 5.69 Å². The van der Waals surface area contributed by atoms with Gasteiger partial charge in [-0.1, -0.05) is 29.8 Å². The number of rotatable bonds is 4. The zero-order chi connectivity index (χ0) is 15.2. The average molecular weight is 303 g/mol. The van der Waals surface area contributed by atoms with Crippen molar-refractivity contribution >= 4 is 29.3 Å². The maximum Gasteiger partial charge on any atom is 0.251 e. The molecule has 0 aliphatic rings. The fourth-order valence-electron chi connectivity index (χ4n) is 1.79. The summed E-state index contributed by atoms with van der Waals surface area (Å²) in [4.78, 5) is 16.1. The van der Waals surface area contributed by atoms with Crippen molar-refractivity contribution in [1.29, 1.82) is 0 Å². The van der Waals surface area contributed by atoms with Crippen LogP contribution in [0.1, 0.15) is 18.1 Å². The number of anilines is 1. The second-order valence-electron chi connectivity index (χ2n) is 4.49. The normalized spacial score (nSPS) is 11.3. The third kappa shape index (κ3) is 3.90. The van der Waals surface area contributed by atoms with Gasteiger partial charge in [0.15, 0.2) is 0 Å². The molecule has 1 aromatic carbocycles. The summed E-state index contributed by atoms with van der Waals surface area (Å²) in [5.41, 5.74) is 2.40. The molecule has 0 saturated carbocycles. The summed E-state index contributed by atoms with van der Waals surface area (Å²) < 4.78 is 0. The summed E-state index contributed by atoms with van der Waals surface area (Å²) in [5, 5.41) is 12.5. The van der Waals surface area contributed by atoms with Crippen LogP contribution in [0.15, 0.2) is 48.3 Å². The Labute approximate surface area is 128 Å². The number of benzene rings is 1. The van der Waals surface area contributed by atoms with Crippen LogP contribution in [0.5, 0.6) is 0 Å². The van der Waals surface area contributed by atoms with Crippen molar-refractivity contribution in [2.75, 3.05) is 5.32 Å². The lowest BCUT2D eigenvalue weighted by atomic mass is 10.1. The van der Waals surface area contributed by atoms with Gasteiger partial charge in [-0.2, -0.15) is 0 Å². The summed E-state index contributed by atoms with van der Waals surface area (Å²) in [5.74, 6) is -0.266. The third-order valence-electron chi connectivity index (χ3n) is 2.97. The van der Waals surface area contributed by atoms with Crippen molar-refractivity contribution in [2.24, 2.45) is 0 Å². The number of hydrogen-bond donors (Lipinski definition) is 2. The van der Waals surface area contributed by atoms with Gasteiger partial charge in [0.25, 0.3) is 5.91 Å². The second-order valence-corrected chi connectivity index (χ2v) is 4.90. The standard InChI is InChI=1S/C16H15ClN2O2/c1-11(8-12-4-2-3-5-14(12)17)16(21)19-15-9-18-7-6-13(15)10-20/h2-9,20H,10H2,1H3,(H,19,21)/b11-8-. The predicted octanol–water partition coefficient (Wildman–Crippen LogP) is 3.27. The second kappa shape index (κ2) is 7.02. The number of nitrogens with one attached hydrogen (secondary N) is 1. The Kier molecular flexibility index (Phi) is 5.09. The van der Waals surface area contributed by atoms with Crippen molar-refractivity contribution in [3.05, 3.63) is 64.4 Å². The molecule has 0 aliphatic heterocycles. The quantitative estimate of drug-likeness (QED) is 0.852. The lowest BCUT2D eigenvalue weighted by Crippen LogP contribution is -2.14. The first-order chi connectivity index (χ1) is 10.1. The van der Waals surface area contributed by atoms with E-state index in [1.807, 2.05) is 18.2 Å². The van der Waals surface area contributed by atoms with Gasteiger partial charge in [-0.25, -0.2) is 0 Å². The smallest absolute Gasteiger partial charge is 0.251 e. The highest BCUT2D eigenvalue weighted by Crippen LogP contribution is 2.19. The molecule has 0 spiro atoms. The molecular weight excluding hydrogens is 288 g/mol. The predicted molar refractivity (Wildman–Crippen MR) is 83.9 cm³/mol. The van der Waals surface area contributed by atoms with Crippen LogP contribution in [0.25, 0.3) is 6.08 Å². The Morgan fingerprint density at radius 1 is 1.38 bits per heavy atom. The molecule has 2 aromatic rings. The van der Waals surface area contributed by atoms with Crippen LogP contribution in [-0.4, -0.2) is 16.0 Å². The highest BCUT2D eigenvalue weighted by Gasteiger charge is 2.09. The zero-order valence-corrected chi connectivity index (χ0v) is 12.3. The molecule has 0 fully saturated rings. The van der Waals surface area contributed by atoms with Crippen molar-refractivity contribution in [1.82, 2.24) is 4.98 Å². The molecule has 0 bridgehead atoms. The van der Waals surface area contributed by atoms with E-state index in [9.17, 15) is 9.90 Å². The molecule has 1 heterocycles. The van der Waals surface area contributed by atoms with Gasteiger partial charge >= 0.3 is 0 Å². The average Bonchev–Trinajstić information content (AvgIpc) is 2.50. The van der Waals surface area contributed by atoms with Crippen LogP contribution in [0.3, 0.4) is 0 Å². The molecule has 2 rings (SSSR count). The van der Waals surface area contributed by atoms with Crippen molar-refractivity contribution in [3.63, 3.8) is 0 Å². The number of pyridine rings is 1. The fraction of sp³-hybridized carbons (Fsp3) is 0.125. The number of amides is 1. The van der Waals surface area contributed by atoms with Crippen molar-refractivity contribution < 1.29 is 9.90 Å². The number of nitrogens with zero attached hydrogens (tertiary/aromatic N) is 1. The van der Waals surface area contributed by atoms with E-state index in [2.05, 4.69) is 10.3 Å². The molecule has 0 radical (unpaired) electrons. The molecule has 1 aromatic heterocycles. The van der Waals surface area contributed by atoms with Crippen molar-refractivity contribution in [2.45, 2.75) is 13.5 Å². The van der Waals surface area contributed by atoms with Gasteiger partial charge in [0, 0.05) is 22.4 Å². The molecule has 21 heavy (non-hydrogen) atoms.